The summed E-state index contributed by atoms with van der Waals surface area (Å²) in [5, 5.41) is 12.2. The van der Waals surface area contributed by atoms with E-state index in [0.717, 1.165) is 30.8 Å². The summed E-state index contributed by atoms with van der Waals surface area (Å²) in [4.78, 5) is 0. The van der Waals surface area contributed by atoms with Crippen LogP contribution in [0, 0.1) is 12.3 Å². The van der Waals surface area contributed by atoms with Gasteiger partial charge in [-0.05, 0) is 42.9 Å². The molecule has 1 aromatic carbocycles. The molecule has 0 aliphatic heterocycles. The molecule has 0 heterocycles. The molecule has 0 unspecified atom stereocenters. The monoisotopic (exact) mass is 236 g/mol. The number of hydrogen-bond acceptors (Lipinski definition) is 3. The molecule has 3 heteroatoms. The minimum absolute atomic E-state index is 0.167. The summed E-state index contributed by atoms with van der Waals surface area (Å²) in [5.41, 5.74) is 9.08. The molecule has 0 saturated carbocycles. The van der Waals surface area contributed by atoms with E-state index in [1.165, 1.54) is 5.56 Å². The predicted octanol–water partition coefficient (Wildman–Crippen LogP) is 2.79. The topological polar surface area (TPSA) is 58.3 Å². The Balaban J connectivity index is 2.54. The van der Waals surface area contributed by atoms with Crippen molar-refractivity contribution in [1.29, 1.82) is 0 Å². The van der Waals surface area contributed by atoms with Crippen molar-refractivity contribution in [2.75, 3.05) is 24.2 Å². The van der Waals surface area contributed by atoms with Crippen molar-refractivity contribution in [1.82, 2.24) is 0 Å². The standard InChI is InChI=1S/C14H24N2O/c1-11-5-6-13(12(15)9-11)16-10-14(2,3)7-4-8-17/h5-6,9,16-17H,4,7-8,10,15H2,1-3H3. The second-order valence-corrected chi connectivity index (χ2v) is 5.44. The zero-order chi connectivity index (χ0) is 12.9. The quantitative estimate of drug-likeness (QED) is 0.666. The number of nitrogen functional groups attached to an aromatic ring is 1. The Bertz CT molecular complexity index is 361. The van der Waals surface area contributed by atoms with Crippen LogP contribution in [0.5, 0.6) is 0 Å². The number of aryl methyl sites for hydroxylation is 1. The highest BCUT2D eigenvalue weighted by Crippen LogP contribution is 2.25. The average molecular weight is 236 g/mol. The van der Waals surface area contributed by atoms with E-state index in [9.17, 15) is 0 Å². The number of anilines is 2. The van der Waals surface area contributed by atoms with Gasteiger partial charge in [0.15, 0.2) is 0 Å². The minimum atomic E-state index is 0.167. The van der Waals surface area contributed by atoms with Gasteiger partial charge in [0.1, 0.15) is 0 Å². The minimum Gasteiger partial charge on any atom is -0.397 e. The highest BCUT2D eigenvalue weighted by molar-refractivity contribution is 5.66. The van der Waals surface area contributed by atoms with Gasteiger partial charge in [0, 0.05) is 13.2 Å². The molecule has 17 heavy (non-hydrogen) atoms. The third kappa shape index (κ3) is 4.65. The molecule has 0 aliphatic carbocycles. The SMILES string of the molecule is Cc1ccc(NCC(C)(C)CCCO)c(N)c1. The van der Waals surface area contributed by atoms with Crippen LogP contribution in [-0.4, -0.2) is 18.3 Å². The molecule has 0 aliphatic rings. The first-order chi connectivity index (χ1) is 7.94. The van der Waals surface area contributed by atoms with Gasteiger partial charge >= 0.3 is 0 Å². The average Bonchev–Trinajstić information content (AvgIpc) is 2.25. The first-order valence-electron chi connectivity index (χ1n) is 6.15. The maximum Gasteiger partial charge on any atom is 0.0574 e. The Morgan fingerprint density at radius 2 is 2.06 bits per heavy atom. The number of benzene rings is 1. The van der Waals surface area contributed by atoms with E-state index in [2.05, 4.69) is 25.2 Å². The number of hydrogen-bond donors (Lipinski definition) is 3. The lowest BCUT2D eigenvalue weighted by Crippen LogP contribution is -2.23. The van der Waals surface area contributed by atoms with Crippen LogP contribution in [0.15, 0.2) is 18.2 Å². The molecular weight excluding hydrogens is 212 g/mol. The van der Waals surface area contributed by atoms with Crippen LogP contribution in [0.1, 0.15) is 32.3 Å². The number of aliphatic hydroxyl groups excluding tert-OH is 1. The summed E-state index contributed by atoms with van der Waals surface area (Å²) in [6, 6.07) is 6.05. The summed E-state index contributed by atoms with van der Waals surface area (Å²) in [6.07, 6.45) is 1.85. The van der Waals surface area contributed by atoms with Gasteiger partial charge in [-0.15, -0.1) is 0 Å². The van der Waals surface area contributed by atoms with Crippen LogP contribution in [0.2, 0.25) is 0 Å². The third-order valence-electron chi connectivity index (χ3n) is 2.98. The molecule has 1 aromatic rings. The highest BCUT2D eigenvalue weighted by Gasteiger charge is 2.17. The second-order valence-electron chi connectivity index (χ2n) is 5.44. The Kier molecular flexibility index (Phi) is 4.82. The van der Waals surface area contributed by atoms with Gasteiger partial charge in [-0.3, -0.25) is 0 Å². The number of nitrogens with two attached hydrogens (primary N) is 1. The van der Waals surface area contributed by atoms with E-state index in [1.807, 2.05) is 19.1 Å². The van der Waals surface area contributed by atoms with Crippen molar-refractivity contribution in [2.24, 2.45) is 5.41 Å². The number of aliphatic hydroxyl groups is 1. The second kappa shape index (κ2) is 5.92. The third-order valence-corrected chi connectivity index (χ3v) is 2.98. The Hall–Kier alpha value is -1.22. The van der Waals surface area contributed by atoms with Crippen molar-refractivity contribution in [3.05, 3.63) is 23.8 Å². The lowest BCUT2D eigenvalue weighted by atomic mass is 9.88. The fraction of sp³-hybridized carbons (Fsp3) is 0.571. The number of rotatable bonds is 6. The molecule has 0 radical (unpaired) electrons. The van der Waals surface area contributed by atoms with E-state index < -0.39 is 0 Å². The van der Waals surface area contributed by atoms with Gasteiger partial charge in [-0.1, -0.05) is 19.9 Å². The maximum absolute atomic E-state index is 8.85. The van der Waals surface area contributed by atoms with Crippen LogP contribution < -0.4 is 11.1 Å². The molecule has 0 amide bonds. The molecule has 1 rings (SSSR count). The Morgan fingerprint density at radius 1 is 1.35 bits per heavy atom. The van der Waals surface area contributed by atoms with Crippen LogP contribution in [0.25, 0.3) is 0 Å². The molecule has 3 nitrogen and oxygen atoms in total. The summed E-state index contributed by atoms with van der Waals surface area (Å²) >= 11 is 0. The molecule has 96 valence electrons. The van der Waals surface area contributed by atoms with Gasteiger partial charge < -0.3 is 16.2 Å². The molecule has 0 aromatic heterocycles. The molecule has 0 saturated heterocycles. The van der Waals surface area contributed by atoms with Crippen LogP contribution in [0.3, 0.4) is 0 Å². The van der Waals surface area contributed by atoms with E-state index >= 15 is 0 Å². The van der Waals surface area contributed by atoms with Crippen molar-refractivity contribution in [3.8, 4) is 0 Å². The number of nitrogens with one attached hydrogen (secondary N) is 1. The van der Waals surface area contributed by atoms with Crippen molar-refractivity contribution >= 4 is 11.4 Å². The van der Waals surface area contributed by atoms with E-state index in [0.29, 0.717) is 0 Å². The molecule has 0 atom stereocenters. The Labute approximate surface area is 104 Å². The molecule has 0 spiro atoms. The van der Waals surface area contributed by atoms with Crippen molar-refractivity contribution < 1.29 is 5.11 Å². The smallest absolute Gasteiger partial charge is 0.0574 e. The molecular formula is C14H24N2O. The molecule has 0 fully saturated rings. The Morgan fingerprint density at radius 3 is 2.65 bits per heavy atom. The van der Waals surface area contributed by atoms with Gasteiger partial charge in [0.25, 0.3) is 0 Å². The van der Waals surface area contributed by atoms with Crippen LogP contribution >= 0.6 is 0 Å². The van der Waals surface area contributed by atoms with Crippen molar-refractivity contribution in [2.45, 2.75) is 33.6 Å². The fourth-order valence-corrected chi connectivity index (χ4v) is 1.82. The first-order valence-corrected chi connectivity index (χ1v) is 6.15. The summed E-state index contributed by atoms with van der Waals surface area (Å²) in [5.74, 6) is 0. The van der Waals surface area contributed by atoms with Gasteiger partial charge in [0.2, 0.25) is 0 Å². The van der Waals surface area contributed by atoms with Crippen molar-refractivity contribution in [3.63, 3.8) is 0 Å². The zero-order valence-corrected chi connectivity index (χ0v) is 11.1. The van der Waals surface area contributed by atoms with Gasteiger partial charge in [-0.2, -0.15) is 0 Å². The maximum atomic E-state index is 8.85. The summed E-state index contributed by atoms with van der Waals surface area (Å²) < 4.78 is 0. The van der Waals surface area contributed by atoms with Crippen LogP contribution in [0.4, 0.5) is 11.4 Å². The summed E-state index contributed by atoms with van der Waals surface area (Å²) in [7, 11) is 0. The van der Waals surface area contributed by atoms with E-state index in [-0.39, 0.29) is 12.0 Å². The molecule has 0 bridgehead atoms. The largest absolute Gasteiger partial charge is 0.397 e. The lowest BCUT2D eigenvalue weighted by Gasteiger charge is -2.25. The molecule has 4 N–H and O–H groups in total. The fourth-order valence-electron chi connectivity index (χ4n) is 1.82. The lowest BCUT2D eigenvalue weighted by molar-refractivity contribution is 0.248. The highest BCUT2D eigenvalue weighted by atomic mass is 16.2. The van der Waals surface area contributed by atoms with E-state index in [4.69, 9.17) is 10.8 Å². The van der Waals surface area contributed by atoms with Gasteiger partial charge in [0.05, 0.1) is 11.4 Å². The van der Waals surface area contributed by atoms with Gasteiger partial charge in [-0.25, -0.2) is 0 Å². The normalized spacial score (nSPS) is 11.5. The summed E-state index contributed by atoms with van der Waals surface area (Å²) in [6.45, 7) is 7.54. The first kappa shape index (κ1) is 13.8. The van der Waals surface area contributed by atoms with Crippen LogP contribution in [-0.2, 0) is 0 Å². The zero-order valence-electron chi connectivity index (χ0n) is 11.1. The van der Waals surface area contributed by atoms with E-state index in [1.54, 1.807) is 0 Å². The predicted molar refractivity (Wildman–Crippen MR) is 74.2 cm³/mol.